The molecule has 0 spiro atoms. The smallest absolute Gasteiger partial charge is 0.226 e. The monoisotopic (exact) mass is 334 g/mol. The molecule has 1 aromatic carbocycles. The Labute approximate surface area is 137 Å². The minimum Gasteiger partial charge on any atom is -0.341 e. The predicted molar refractivity (Wildman–Crippen MR) is 86.3 cm³/mol. The molecule has 1 aliphatic heterocycles. The first-order valence-electron chi connectivity index (χ1n) is 7.68. The van der Waals surface area contributed by atoms with Gasteiger partial charge in [0.1, 0.15) is 11.6 Å². The van der Waals surface area contributed by atoms with Gasteiger partial charge in [0.15, 0.2) is 0 Å². The van der Waals surface area contributed by atoms with Gasteiger partial charge in [-0.3, -0.25) is 5.14 Å². The van der Waals surface area contributed by atoms with Gasteiger partial charge in [0.25, 0.3) is 0 Å². The largest absolute Gasteiger partial charge is 0.341 e. The van der Waals surface area contributed by atoms with Gasteiger partial charge < -0.3 is 4.90 Å². The molecule has 0 radical (unpaired) electrons. The van der Waals surface area contributed by atoms with Crippen LogP contribution in [0.3, 0.4) is 0 Å². The van der Waals surface area contributed by atoms with Crippen LogP contribution in [0.4, 0.5) is 14.7 Å². The van der Waals surface area contributed by atoms with Crippen LogP contribution in [0.2, 0.25) is 0 Å². The van der Waals surface area contributed by atoms with E-state index >= 15 is 0 Å². The van der Waals surface area contributed by atoms with E-state index in [4.69, 9.17) is 5.14 Å². The zero-order chi connectivity index (χ0) is 16.0. The zero-order valence-corrected chi connectivity index (χ0v) is 13.3. The molecular weight excluding hydrogens is 318 g/mol. The van der Waals surface area contributed by atoms with Crippen molar-refractivity contribution in [2.45, 2.75) is 30.6 Å². The molecule has 2 aromatic rings. The van der Waals surface area contributed by atoms with Gasteiger partial charge in [0.05, 0.1) is 10.6 Å². The third-order valence-electron chi connectivity index (χ3n) is 4.46. The Morgan fingerprint density at radius 2 is 1.87 bits per heavy atom. The molecule has 23 heavy (non-hydrogen) atoms. The van der Waals surface area contributed by atoms with Gasteiger partial charge >= 0.3 is 0 Å². The molecule has 120 valence electrons. The number of halogens is 2. The molecular formula is C16H16F2N4S. The number of aryl methyl sites for hydroxylation is 1. The topological polar surface area (TPSA) is 55.0 Å². The standard InChI is InChI=1S/C16H16F2N4S/c17-11-8-12(18)14(23-19)7-10(11)15-9-3-1-4-13(9)20-16(21-15)22-5-2-6-22/h7-8H,1-6,19H2. The molecule has 0 amide bonds. The van der Waals surface area contributed by atoms with Crippen molar-refractivity contribution in [3.63, 3.8) is 0 Å². The second-order valence-electron chi connectivity index (χ2n) is 5.87. The summed E-state index contributed by atoms with van der Waals surface area (Å²) >= 11 is 0.777. The average molecular weight is 334 g/mol. The first-order valence-corrected chi connectivity index (χ1v) is 8.56. The molecule has 1 aliphatic carbocycles. The van der Waals surface area contributed by atoms with Crippen LogP contribution in [0.25, 0.3) is 11.3 Å². The molecule has 0 atom stereocenters. The van der Waals surface area contributed by atoms with Gasteiger partial charge in [-0.15, -0.1) is 0 Å². The van der Waals surface area contributed by atoms with E-state index in [1.54, 1.807) is 0 Å². The lowest BCUT2D eigenvalue weighted by Gasteiger charge is -2.31. The van der Waals surface area contributed by atoms with Gasteiger partial charge in [-0.25, -0.2) is 18.7 Å². The highest BCUT2D eigenvalue weighted by Crippen LogP contribution is 2.35. The molecule has 1 saturated heterocycles. The van der Waals surface area contributed by atoms with Crippen molar-refractivity contribution >= 4 is 17.9 Å². The van der Waals surface area contributed by atoms with E-state index in [0.29, 0.717) is 17.2 Å². The summed E-state index contributed by atoms with van der Waals surface area (Å²) in [5, 5.41) is 5.48. The number of nitrogens with two attached hydrogens (primary N) is 1. The van der Waals surface area contributed by atoms with E-state index in [-0.39, 0.29) is 4.90 Å². The van der Waals surface area contributed by atoms with Crippen LogP contribution in [-0.4, -0.2) is 23.1 Å². The summed E-state index contributed by atoms with van der Waals surface area (Å²) < 4.78 is 28.1. The number of hydrogen-bond acceptors (Lipinski definition) is 5. The van der Waals surface area contributed by atoms with Gasteiger partial charge in [-0.1, -0.05) is 0 Å². The maximum atomic E-state index is 14.4. The Morgan fingerprint density at radius 3 is 2.57 bits per heavy atom. The summed E-state index contributed by atoms with van der Waals surface area (Å²) in [5.74, 6) is -0.604. The molecule has 4 rings (SSSR count). The first kappa shape index (κ1) is 14.8. The summed E-state index contributed by atoms with van der Waals surface area (Å²) in [4.78, 5) is 11.5. The van der Waals surface area contributed by atoms with Crippen molar-refractivity contribution in [1.29, 1.82) is 0 Å². The van der Waals surface area contributed by atoms with Crippen LogP contribution >= 0.6 is 11.9 Å². The fourth-order valence-electron chi connectivity index (χ4n) is 3.10. The summed E-state index contributed by atoms with van der Waals surface area (Å²) in [5.41, 5.74) is 2.86. The highest BCUT2D eigenvalue weighted by atomic mass is 32.2. The molecule has 2 N–H and O–H groups in total. The SMILES string of the molecule is NSc1cc(-c2nc(N3CCC3)nc3c2CCC3)c(F)cc1F. The van der Waals surface area contributed by atoms with E-state index in [9.17, 15) is 8.78 Å². The van der Waals surface area contributed by atoms with E-state index < -0.39 is 11.6 Å². The minimum absolute atomic E-state index is 0.220. The molecule has 4 nitrogen and oxygen atoms in total. The Kier molecular flexibility index (Phi) is 3.69. The second kappa shape index (κ2) is 5.72. The van der Waals surface area contributed by atoms with E-state index in [0.717, 1.165) is 68.0 Å². The van der Waals surface area contributed by atoms with Crippen molar-refractivity contribution in [3.05, 3.63) is 35.0 Å². The number of aromatic nitrogens is 2. The molecule has 0 saturated carbocycles. The van der Waals surface area contributed by atoms with Gasteiger partial charge in [-0.05, 0) is 43.7 Å². The number of hydrogen-bond donors (Lipinski definition) is 1. The Bertz CT molecular complexity index is 777. The van der Waals surface area contributed by atoms with Crippen LogP contribution in [-0.2, 0) is 12.8 Å². The number of nitrogens with zero attached hydrogens (tertiary/aromatic N) is 3. The van der Waals surface area contributed by atoms with Crippen molar-refractivity contribution in [2.75, 3.05) is 18.0 Å². The number of fused-ring (bicyclic) bond motifs is 1. The van der Waals surface area contributed by atoms with Crippen molar-refractivity contribution in [3.8, 4) is 11.3 Å². The van der Waals surface area contributed by atoms with Crippen LogP contribution in [0.15, 0.2) is 17.0 Å². The quantitative estimate of drug-likeness (QED) is 0.874. The Balaban J connectivity index is 1.89. The normalized spacial score (nSPS) is 16.4. The highest BCUT2D eigenvalue weighted by molar-refractivity contribution is 7.97. The minimum atomic E-state index is -0.646. The first-order chi connectivity index (χ1) is 11.2. The molecule has 0 unspecified atom stereocenters. The third-order valence-corrected chi connectivity index (χ3v) is 5.03. The number of benzene rings is 1. The fourth-order valence-corrected chi connectivity index (χ4v) is 3.46. The Morgan fingerprint density at radius 1 is 1.04 bits per heavy atom. The molecule has 1 fully saturated rings. The lowest BCUT2D eigenvalue weighted by atomic mass is 10.0. The third kappa shape index (κ3) is 2.48. The number of anilines is 1. The summed E-state index contributed by atoms with van der Waals surface area (Å²) in [6.45, 7) is 1.85. The highest BCUT2D eigenvalue weighted by Gasteiger charge is 2.26. The predicted octanol–water partition coefficient (Wildman–Crippen LogP) is 3.09. The maximum Gasteiger partial charge on any atom is 0.226 e. The molecule has 7 heteroatoms. The maximum absolute atomic E-state index is 14.4. The zero-order valence-electron chi connectivity index (χ0n) is 12.5. The Hall–Kier alpha value is -1.73. The van der Waals surface area contributed by atoms with Crippen molar-refractivity contribution in [1.82, 2.24) is 9.97 Å². The summed E-state index contributed by atoms with van der Waals surface area (Å²) in [7, 11) is 0. The average Bonchev–Trinajstić information content (AvgIpc) is 2.93. The van der Waals surface area contributed by atoms with Gasteiger partial charge in [0, 0.05) is 36.0 Å². The van der Waals surface area contributed by atoms with Gasteiger partial charge in [0.2, 0.25) is 5.95 Å². The van der Waals surface area contributed by atoms with E-state index in [1.165, 1.54) is 6.07 Å². The van der Waals surface area contributed by atoms with Crippen LogP contribution in [0, 0.1) is 11.6 Å². The van der Waals surface area contributed by atoms with Crippen molar-refractivity contribution in [2.24, 2.45) is 5.14 Å². The molecule has 2 heterocycles. The summed E-state index contributed by atoms with van der Waals surface area (Å²) in [6.07, 6.45) is 3.82. The summed E-state index contributed by atoms with van der Waals surface area (Å²) in [6, 6.07) is 2.34. The van der Waals surface area contributed by atoms with Crippen molar-refractivity contribution < 1.29 is 8.78 Å². The molecule has 1 aromatic heterocycles. The van der Waals surface area contributed by atoms with Crippen LogP contribution < -0.4 is 10.0 Å². The second-order valence-corrected chi connectivity index (χ2v) is 6.55. The number of rotatable bonds is 3. The van der Waals surface area contributed by atoms with Crippen LogP contribution in [0.5, 0.6) is 0 Å². The van der Waals surface area contributed by atoms with E-state index in [2.05, 4.69) is 14.9 Å². The molecule has 0 bridgehead atoms. The van der Waals surface area contributed by atoms with E-state index in [1.807, 2.05) is 0 Å². The van der Waals surface area contributed by atoms with Crippen LogP contribution in [0.1, 0.15) is 24.1 Å². The van der Waals surface area contributed by atoms with Gasteiger partial charge in [-0.2, -0.15) is 0 Å². The lowest BCUT2D eigenvalue weighted by Crippen LogP contribution is -2.38. The fraction of sp³-hybridized carbons (Fsp3) is 0.375. The molecule has 2 aliphatic rings. The lowest BCUT2D eigenvalue weighted by molar-refractivity contribution is 0.567.